The summed E-state index contributed by atoms with van der Waals surface area (Å²) in [6.45, 7) is 6.79. The average molecular weight is 277 g/mol. The number of rotatable bonds is 3. The van der Waals surface area contributed by atoms with Gasteiger partial charge in [-0.1, -0.05) is 51.1 Å². The number of nitrogens with zero attached hydrogens (tertiary/aromatic N) is 2. The molecule has 0 aliphatic rings. The van der Waals surface area contributed by atoms with Crippen LogP contribution in [0.5, 0.6) is 0 Å². The van der Waals surface area contributed by atoms with E-state index in [0.717, 1.165) is 11.3 Å². The summed E-state index contributed by atoms with van der Waals surface area (Å²) in [4.78, 5) is 11.5. The Balaban J connectivity index is 2.44. The molecule has 0 spiro atoms. The first kappa shape index (κ1) is 13.8. The third-order valence-corrected chi connectivity index (χ3v) is 3.14. The van der Waals surface area contributed by atoms with Crippen LogP contribution in [0.15, 0.2) is 36.5 Å². The minimum absolute atomic E-state index is 0.189. The quantitative estimate of drug-likeness (QED) is 0.803. The summed E-state index contributed by atoms with van der Waals surface area (Å²) in [5.74, 6) is 0. The molecular weight excluding hydrogens is 260 g/mol. The van der Waals surface area contributed by atoms with Crippen molar-refractivity contribution in [3.8, 4) is 0 Å². The molecule has 0 saturated carbocycles. The van der Waals surface area contributed by atoms with Crippen LogP contribution in [-0.4, -0.2) is 15.0 Å². The number of carbonyl (C=O) groups excluding carboxylic acids is 1. The number of halogens is 1. The van der Waals surface area contributed by atoms with E-state index in [9.17, 15) is 4.79 Å². The zero-order valence-electron chi connectivity index (χ0n) is 11.4. The number of hydrogen-bond donors (Lipinski definition) is 0. The van der Waals surface area contributed by atoms with E-state index in [1.54, 1.807) is 6.20 Å². The number of benzene rings is 1. The maximum absolute atomic E-state index is 11.5. The van der Waals surface area contributed by atoms with Gasteiger partial charge in [-0.25, -0.2) is 0 Å². The molecule has 19 heavy (non-hydrogen) atoms. The van der Waals surface area contributed by atoms with E-state index in [0.29, 0.717) is 12.1 Å². The summed E-state index contributed by atoms with van der Waals surface area (Å²) in [5, 5.41) is 3.86. The minimum atomic E-state index is -0.454. The lowest BCUT2D eigenvalue weighted by molar-refractivity contribution is 0.107. The average Bonchev–Trinajstić information content (AvgIpc) is 2.74. The summed E-state index contributed by atoms with van der Waals surface area (Å²) in [6.07, 6.45) is 1.55. The first-order valence-corrected chi connectivity index (χ1v) is 6.57. The van der Waals surface area contributed by atoms with E-state index in [4.69, 9.17) is 11.6 Å². The molecular formula is C15H17ClN2O. The molecule has 0 radical (unpaired) electrons. The molecule has 1 aromatic heterocycles. The molecule has 0 unspecified atom stereocenters. The molecule has 3 nitrogen and oxygen atoms in total. The molecule has 1 heterocycles. The molecule has 0 bridgehead atoms. The van der Waals surface area contributed by atoms with Gasteiger partial charge < -0.3 is 0 Å². The molecule has 4 heteroatoms. The summed E-state index contributed by atoms with van der Waals surface area (Å²) in [7, 11) is 0. The predicted octanol–water partition coefficient (Wildman–Crippen LogP) is 3.61. The molecule has 100 valence electrons. The first-order valence-electron chi connectivity index (χ1n) is 6.19. The normalized spacial score (nSPS) is 11.6. The van der Waals surface area contributed by atoms with E-state index in [-0.39, 0.29) is 5.41 Å². The second-order valence-electron chi connectivity index (χ2n) is 5.57. The highest BCUT2D eigenvalue weighted by atomic mass is 35.5. The van der Waals surface area contributed by atoms with Crippen molar-refractivity contribution >= 4 is 16.8 Å². The molecule has 0 aliphatic heterocycles. The molecule has 0 aliphatic carbocycles. The van der Waals surface area contributed by atoms with Crippen LogP contribution in [0.4, 0.5) is 0 Å². The van der Waals surface area contributed by atoms with Crippen LogP contribution in [0.25, 0.3) is 0 Å². The Morgan fingerprint density at radius 1 is 1.26 bits per heavy atom. The van der Waals surface area contributed by atoms with Crippen LogP contribution in [-0.2, 0) is 12.0 Å². The van der Waals surface area contributed by atoms with E-state index in [2.05, 4.69) is 25.9 Å². The van der Waals surface area contributed by atoms with E-state index < -0.39 is 5.24 Å². The Morgan fingerprint density at radius 2 is 1.89 bits per heavy atom. The Morgan fingerprint density at radius 3 is 2.42 bits per heavy atom. The van der Waals surface area contributed by atoms with Crippen LogP contribution in [0, 0.1) is 0 Å². The van der Waals surface area contributed by atoms with Crippen LogP contribution < -0.4 is 0 Å². The van der Waals surface area contributed by atoms with Gasteiger partial charge in [-0.3, -0.25) is 9.48 Å². The van der Waals surface area contributed by atoms with Gasteiger partial charge in [-0.15, -0.1) is 0 Å². The first-order chi connectivity index (χ1) is 8.89. The fourth-order valence-electron chi connectivity index (χ4n) is 2.20. The van der Waals surface area contributed by atoms with Gasteiger partial charge >= 0.3 is 0 Å². The maximum Gasteiger partial charge on any atom is 0.255 e. The van der Waals surface area contributed by atoms with Gasteiger partial charge in [0.25, 0.3) is 5.24 Å². The standard InChI is InChI=1S/C15H17ClN2O/c1-15(2,3)13-12(14(16)19)9-17-18(13)10-11-7-5-4-6-8-11/h4-9H,10H2,1-3H3. The molecule has 1 aromatic carbocycles. The van der Waals surface area contributed by atoms with E-state index in [1.807, 2.05) is 35.0 Å². The zero-order chi connectivity index (χ0) is 14.0. The maximum atomic E-state index is 11.5. The van der Waals surface area contributed by atoms with Crippen molar-refractivity contribution in [2.24, 2.45) is 0 Å². The Labute approximate surface area is 118 Å². The number of aromatic nitrogens is 2. The second kappa shape index (κ2) is 5.17. The van der Waals surface area contributed by atoms with Crippen molar-refractivity contribution in [3.63, 3.8) is 0 Å². The topological polar surface area (TPSA) is 34.9 Å². The molecule has 0 fully saturated rings. The second-order valence-corrected chi connectivity index (χ2v) is 5.92. The largest absolute Gasteiger partial charge is 0.275 e. The highest BCUT2D eigenvalue weighted by Crippen LogP contribution is 2.27. The van der Waals surface area contributed by atoms with E-state index >= 15 is 0 Å². The molecule has 0 saturated heterocycles. The third kappa shape index (κ3) is 3.04. The lowest BCUT2D eigenvalue weighted by Crippen LogP contribution is -2.21. The van der Waals surface area contributed by atoms with Crippen molar-refractivity contribution < 1.29 is 4.79 Å². The van der Waals surface area contributed by atoms with Crippen molar-refractivity contribution in [1.29, 1.82) is 0 Å². The van der Waals surface area contributed by atoms with Gasteiger partial charge in [0.1, 0.15) is 0 Å². The van der Waals surface area contributed by atoms with Crippen LogP contribution in [0.1, 0.15) is 42.4 Å². The fourth-order valence-corrected chi connectivity index (χ4v) is 2.33. The van der Waals surface area contributed by atoms with Gasteiger partial charge in [-0.05, 0) is 17.2 Å². The van der Waals surface area contributed by atoms with Gasteiger partial charge in [-0.2, -0.15) is 5.10 Å². The molecule has 2 rings (SSSR count). The molecule has 0 N–H and O–H groups in total. The fraction of sp³-hybridized carbons (Fsp3) is 0.333. The summed E-state index contributed by atoms with van der Waals surface area (Å²) in [5.41, 5.74) is 2.32. The molecule has 2 aromatic rings. The molecule has 0 amide bonds. The van der Waals surface area contributed by atoms with Gasteiger partial charge in [0.05, 0.1) is 24.0 Å². The Bertz CT molecular complexity index is 582. The predicted molar refractivity (Wildman–Crippen MR) is 76.7 cm³/mol. The summed E-state index contributed by atoms with van der Waals surface area (Å²) in [6, 6.07) is 10.0. The third-order valence-electron chi connectivity index (χ3n) is 2.94. The highest BCUT2D eigenvalue weighted by Gasteiger charge is 2.26. The van der Waals surface area contributed by atoms with Gasteiger partial charge in [0, 0.05) is 5.41 Å². The number of carbonyl (C=O) groups is 1. The smallest absolute Gasteiger partial charge is 0.255 e. The van der Waals surface area contributed by atoms with Gasteiger partial charge in [0.2, 0.25) is 0 Å². The van der Waals surface area contributed by atoms with Crippen molar-refractivity contribution in [2.75, 3.05) is 0 Å². The van der Waals surface area contributed by atoms with Crippen LogP contribution >= 0.6 is 11.6 Å². The lowest BCUT2D eigenvalue weighted by Gasteiger charge is -2.21. The monoisotopic (exact) mass is 276 g/mol. The summed E-state index contributed by atoms with van der Waals surface area (Å²) >= 11 is 5.64. The number of hydrogen-bond acceptors (Lipinski definition) is 2. The van der Waals surface area contributed by atoms with Gasteiger partial charge in [0.15, 0.2) is 0 Å². The molecule has 0 atom stereocenters. The zero-order valence-corrected chi connectivity index (χ0v) is 12.1. The SMILES string of the molecule is CC(C)(C)c1c(C(=O)Cl)cnn1Cc1ccccc1. The van der Waals surface area contributed by atoms with Crippen molar-refractivity contribution in [1.82, 2.24) is 9.78 Å². The Kier molecular flexibility index (Phi) is 3.76. The van der Waals surface area contributed by atoms with Crippen LogP contribution in [0.2, 0.25) is 0 Å². The Hall–Kier alpha value is -1.61. The van der Waals surface area contributed by atoms with Crippen LogP contribution in [0.3, 0.4) is 0 Å². The van der Waals surface area contributed by atoms with Crippen molar-refractivity contribution in [3.05, 3.63) is 53.3 Å². The highest BCUT2D eigenvalue weighted by molar-refractivity contribution is 6.67. The summed E-state index contributed by atoms with van der Waals surface area (Å²) < 4.78 is 1.85. The lowest BCUT2D eigenvalue weighted by atomic mass is 9.89. The minimum Gasteiger partial charge on any atom is -0.275 e. The van der Waals surface area contributed by atoms with Crippen molar-refractivity contribution in [2.45, 2.75) is 32.7 Å². The van der Waals surface area contributed by atoms with E-state index in [1.165, 1.54) is 0 Å².